The van der Waals surface area contributed by atoms with E-state index in [4.69, 9.17) is 0 Å². The Balaban J connectivity index is 4.50. The van der Waals surface area contributed by atoms with Crippen molar-refractivity contribution < 1.29 is 57.8 Å². The number of rotatable bonds is 19. The molecule has 0 aromatic heterocycles. The molecule has 1 aliphatic rings. The van der Waals surface area contributed by atoms with Gasteiger partial charge >= 0.3 is 0 Å². The summed E-state index contributed by atoms with van der Waals surface area (Å²) in [6, 6.07) is -9.30. The van der Waals surface area contributed by atoms with E-state index in [2.05, 4.69) is 11.9 Å². The number of carbonyl (C=O) groups is 11. The van der Waals surface area contributed by atoms with Gasteiger partial charge < -0.3 is 44.7 Å². The minimum atomic E-state index is -1.51. The Morgan fingerprint density at radius 2 is 0.911 bits per heavy atom. The number of ketones is 3. The fraction of sp³-hybridized carbons (Fsp3) is 0.786. The molecule has 1 saturated heterocycles. The Kier molecular flexibility index (Phi) is 35.0. The van der Waals surface area contributed by atoms with Crippen LogP contribution in [0.3, 0.4) is 0 Å². The first-order valence-corrected chi connectivity index (χ1v) is 33.3. The smallest absolute Gasteiger partial charge is 0.246 e. The van der Waals surface area contributed by atoms with Crippen molar-refractivity contribution in [2.45, 2.75) is 249 Å². The van der Waals surface area contributed by atoms with Gasteiger partial charge in [-0.25, -0.2) is 0 Å². The van der Waals surface area contributed by atoms with Crippen LogP contribution in [0, 0.1) is 59.2 Å². The van der Waals surface area contributed by atoms with Crippen LogP contribution in [0.5, 0.6) is 0 Å². The van der Waals surface area contributed by atoms with Gasteiger partial charge in [-0.05, 0) is 113 Å². The minimum Gasteiger partial charge on any atom is -0.390 e. The first-order valence-electron chi connectivity index (χ1n) is 33.3. The molecule has 13 atom stereocenters. The molecule has 90 heavy (non-hydrogen) atoms. The van der Waals surface area contributed by atoms with Crippen LogP contribution in [0.4, 0.5) is 0 Å². The Morgan fingerprint density at radius 3 is 1.36 bits per heavy atom. The van der Waals surface area contributed by atoms with Crippen LogP contribution in [-0.2, 0) is 52.7 Å². The Bertz CT molecular complexity index is 2460. The number of unbranched alkanes of at least 4 members (excludes halogenated alkanes) is 1. The maximum absolute atomic E-state index is 15.3. The topological polar surface area (TPSA) is 243 Å². The number of carbonyl (C=O) groups excluding carboxylic acids is 11. The van der Waals surface area contributed by atoms with E-state index in [1.807, 2.05) is 88.3 Å². The highest BCUT2D eigenvalue weighted by Gasteiger charge is 2.46. The number of hydrogen-bond donors (Lipinski definition) is 2. The van der Waals surface area contributed by atoms with Crippen LogP contribution < -0.4 is 5.32 Å². The number of hydrogen-bond acceptors (Lipinski definition) is 12. The molecule has 0 radical (unpaired) electrons. The summed E-state index contributed by atoms with van der Waals surface area (Å²) in [5.41, 5.74) is 0. The lowest BCUT2D eigenvalue weighted by Gasteiger charge is -2.41. The van der Waals surface area contributed by atoms with Crippen LogP contribution in [0.15, 0.2) is 24.8 Å². The monoisotopic (exact) mass is 1270 g/mol. The highest BCUT2D eigenvalue weighted by atomic mass is 16.3. The number of Topliss-reactive ketones (excluding diaryl/α,β-unsaturated/α-hetero) is 3. The Labute approximate surface area is 542 Å². The summed E-state index contributed by atoms with van der Waals surface area (Å²) in [7, 11) is 10.4. The third-order valence-corrected chi connectivity index (χ3v) is 18.2. The molecule has 0 aromatic rings. The highest BCUT2D eigenvalue weighted by Crippen LogP contribution is 2.30. The normalized spacial score (nSPS) is 27.1. The molecule has 0 saturated carbocycles. The van der Waals surface area contributed by atoms with E-state index in [-0.39, 0.29) is 80.8 Å². The second-order valence-electron chi connectivity index (χ2n) is 28.5. The molecule has 514 valence electrons. The van der Waals surface area contributed by atoms with E-state index in [1.54, 1.807) is 40.7 Å². The number of nitrogens with zero attached hydrogens (tertiary/aromatic N) is 7. The summed E-state index contributed by atoms with van der Waals surface area (Å²) in [4.78, 5) is 173. The SMILES string of the molecule is C=CCCCC1C(=O)N(C)[C@@H](CC(C)C)C(=O)C[C@@H](C(C)C)C(=O)N(C)[C@@H](CC(C)C)C(=O)C[C@@H](C)C(=O)N[C@H](C)C(=O)N(C)[C@@H](CC(C)C)C(=O)N(C)[C@@H](CC(C)C)C(=O)N(C)[C@@H](C(C)C)C(=O)N(C)[C@@H]([C@H](O)[C@H](C)C/C=C/C)C(=O)C[C@@H](CC)C(=O)N1C. The van der Waals surface area contributed by atoms with Crippen molar-refractivity contribution in [2.75, 3.05) is 49.3 Å². The van der Waals surface area contributed by atoms with Crippen molar-refractivity contribution in [1.29, 1.82) is 0 Å². The third-order valence-electron chi connectivity index (χ3n) is 18.2. The van der Waals surface area contributed by atoms with Gasteiger partial charge in [0, 0.05) is 86.3 Å². The van der Waals surface area contributed by atoms with Gasteiger partial charge in [0.05, 0.1) is 18.2 Å². The predicted octanol–water partition coefficient (Wildman–Crippen LogP) is 8.27. The zero-order valence-electron chi connectivity index (χ0n) is 60.0. The van der Waals surface area contributed by atoms with Gasteiger partial charge in [0.1, 0.15) is 36.3 Å². The minimum absolute atomic E-state index is 0.0746. The average Bonchev–Trinajstić information content (AvgIpc) is 0.969. The molecule has 0 aliphatic carbocycles. The zero-order chi connectivity index (χ0) is 69.7. The molecule has 0 bridgehead atoms. The lowest BCUT2D eigenvalue weighted by atomic mass is 9.84. The molecule has 0 spiro atoms. The summed E-state index contributed by atoms with van der Waals surface area (Å²) in [5, 5.41) is 15.0. The van der Waals surface area contributed by atoms with E-state index in [0.717, 1.165) is 0 Å². The quantitative estimate of drug-likeness (QED) is 0.0917. The van der Waals surface area contributed by atoms with E-state index in [9.17, 15) is 29.1 Å². The van der Waals surface area contributed by atoms with Crippen LogP contribution in [-0.4, -0.2) is 208 Å². The fourth-order valence-electron chi connectivity index (χ4n) is 12.4. The molecular formula is C70H122N8O12. The Morgan fingerprint density at radius 1 is 0.500 bits per heavy atom. The first kappa shape index (κ1) is 82.2. The van der Waals surface area contributed by atoms with Crippen molar-refractivity contribution in [2.24, 2.45) is 59.2 Å². The lowest BCUT2D eigenvalue weighted by molar-refractivity contribution is -0.157. The molecule has 20 nitrogen and oxygen atoms in total. The second-order valence-corrected chi connectivity index (χ2v) is 28.5. The molecule has 1 unspecified atom stereocenters. The van der Waals surface area contributed by atoms with Gasteiger partial charge in [-0.3, -0.25) is 52.7 Å². The van der Waals surface area contributed by atoms with Crippen LogP contribution in [0.1, 0.15) is 195 Å². The van der Waals surface area contributed by atoms with Crippen LogP contribution in [0.2, 0.25) is 0 Å². The molecule has 1 fully saturated rings. The fourth-order valence-corrected chi connectivity index (χ4v) is 12.4. The summed E-state index contributed by atoms with van der Waals surface area (Å²) in [6.07, 6.45) is 5.32. The van der Waals surface area contributed by atoms with Gasteiger partial charge in [0.15, 0.2) is 17.3 Å². The predicted molar refractivity (Wildman–Crippen MR) is 355 cm³/mol. The molecule has 2 N–H and O–H groups in total. The van der Waals surface area contributed by atoms with Crippen molar-refractivity contribution in [3.8, 4) is 0 Å². The number of aliphatic hydroxyl groups excluding tert-OH is 1. The number of allylic oxidation sites excluding steroid dienone is 3. The summed E-state index contributed by atoms with van der Waals surface area (Å²) < 4.78 is 0. The van der Waals surface area contributed by atoms with Gasteiger partial charge in [0.25, 0.3) is 0 Å². The molecule has 20 heteroatoms. The highest BCUT2D eigenvalue weighted by molar-refractivity contribution is 6.00. The second kappa shape index (κ2) is 38.3. The number of aliphatic hydroxyl groups is 1. The molecule has 8 amide bonds. The third kappa shape index (κ3) is 23.1. The van der Waals surface area contributed by atoms with E-state index in [1.165, 1.54) is 90.6 Å². The summed E-state index contributed by atoms with van der Waals surface area (Å²) in [5.74, 6) is -10.9. The molecular weight excluding hydrogens is 1140 g/mol. The van der Waals surface area contributed by atoms with Gasteiger partial charge in [-0.1, -0.05) is 122 Å². The zero-order valence-corrected chi connectivity index (χ0v) is 60.0. The van der Waals surface area contributed by atoms with Gasteiger partial charge in [0.2, 0.25) is 47.3 Å². The van der Waals surface area contributed by atoms with Gasteiger partial charge in [-0.15, -0.1) is 6.58 Å². The number of amides is 8. The van der Waals surface area contributed by atoms with Crippen molar-refractivity contribution in [3.05, 3.63) is 24.8 Å². The van der Waals surface area contributed by atoms with Crippen molar-refractivity contribution in [1.82, 2.24) is 39.6 Å². The number of nitrogens with one attached hydrogen (secondary N) is 1. The standard InChI is InChI=1S/C70H122N8O12/c1-26-29-31-33-52-67(87)74(21)54(35-42(6)7)58(80)40-51(45(12)13)66(86)73(20)53(34-41(4)5)57(79)38-48(17)63(83)71-49(18)64(84)75(22)55(36-43(8)9)68(88)76(23)56(37-44(10)11)69(89)77(24)60(46(14)15)70(90)78(25)61(62(82)47(16)32-30-27-2)59(81)39-50(28-3)65(85)72(52)19/h26-27,30,41-56,60-62,82H,1,28-29,31-40H2,2-25H3,(H,71,83)/b30-27+/t47-,48-,49-,50-,51+,52?,53+,54+,55+,56+,60+,61-,62-/m1/s1. The largest absolute Gasteiger partial charge is 0.390 e. The Hall–Kier alpha value is -5.79. The first-order chi connectivity index (χ1) is 41.7. The van der Waals surface area contributed by atoms with Gasteiger partial charge in [-0.2, -0.15) is 0 Å². The molecule has 1 heterocycles. The van der Waals surface area contributed by atoms with E-state index in [0.29, 0.717) is 19.3 Å². The summed E-state index contributed by atoms with van der Waals surface area (Å²) >= 11 is 0. The van der Waals surface area contributed by atoms with Crippen LogP contribution >= 0.6 is 0 Å². The maximum Gasteiger partial charge on any atom is 0.246 e. The van der Waals surface area contributed by atoms with Crippen molar-refractivity contribution in [3.63, 3.8) is 0 Å². The lowest BCUT2D eigenvalue weighted by Crippen LogP contribution is -2.61. The maximum atomic E-state index is 15.3. The number of likely N-dealkylation sites (N-methyl/N-ethyl adjacent to an activating group) is 7. The summed E-state index contributed by atoms with van der Waals surface area (Å²) in [6.45, 7) is 34.6. The van der Waals surface area contributed by atoms with E-state index < -0.39 is 155 Å². The molecule has 0 aromatic carbocycles. The van der Waals surface area contributed by atoms with Crippen LogP contribution in [0.25, 0.3) is 0 Å². The van der Waals surface area contributed by atoms with E-state index >= 15 is 28.8 Å². The average molecular weight is 1270 g/mol. The molecule has 1 aliphatic heterocycles. The van der Waals surface area contributed by atoms with Crippen molar-refractivity contribution >= 4 is 64.6 Å². The molecule has 1 rings (SSSR count).